The van der Waals surface area contributed by atoms with Crippen LogP contribution in [0.4, 0.5) is 5.69 Å². The van der Waals surface area contributed by atoms with Gasteiger partial charge in [-0.15, -0.1) is 11.6 Å². The lowest BCUT2D eigenvalue weighted by Crippen LogP contribution is -2.19. The van der Waals surface area contributed by atoms with E-state index in [1.54, 1.807) is 12.1 Å². The van der Waals surface area contributed by atoms with Gasteiger partial charge in [0.05, 0.1) is 18.6 Å². The fourth-order valence-corrected chi connectivity index (χ4v) is 2.98. The summed E-state index contributed by atoms with van der Waals surface area (Å²) in [7, 11) is -1.94. The Bertz CT molecular complexity index is 535. The van der Waals surface area contributed by atoms with Crippen molar-refractivity contribution < 1.29 is 13.2 Å². The fraction of sp³-hybridized carbons (Fsp3) is 0.538. The molecule has 108 valence electrons. The maximum absolute atomic E-state index is 11.8. The number of sulfonamides is 1. The second kappa shape index (κ2) is 6.01. The number of ether oxygens (including phenoxy) is 1. The van der Waals surface area contributed by atoms with Crippen molar-refractivity contribution >= 4 is 27.3 Å². The first-order valence-corrected chi connectivity index (χ1v) is 8.13. The van der Waals surface area contributed by atoms with Crippen molar-refractivity contribution in [2.45, 2.75) is 26.2 Å². The second-order valence-electron chi connectivity index (χ2n) is 5.27. The molecule has 1 aromatic rings. The number of nitrogens with one attached hydrogen (secondary N) is 1. The van der Waals surface area contributed by atoms with E-state index in [-0.39, 0.29) is 17.0 Å². The van der Waals surface area contributed by atoms with Crippen molar-refractivity contribution in [2.24, 2.45) is 0 Å². The Morgan fingerprint density at radius 1 is 1.32 bits per heavy atom. The van der Waals surface area contributed by atoms with Crippen molar-refractivity contribution in [3.05, 3.63) is 23.8 Å². The number of rotatable bonds is 5. The first-order chi connectivity index (χ1) is 8.69. The summed E-state index contributed by atoms with van der Waals surface area (Å²) in [6.45, 7) is 6.18. The first kappa shape index (κ1) is 16.1. The molecule has 0 spiro atoms. The van der Waals surface area contributed by atoms with Gasteiger partial charge in [-0.05, 0) is 23.1 Å². The summed E-state index contributed by atoms with van der Waals surface area (Å²) < 4.78 is 31.2. The van der Waals surface area contributed by atoms with Crippen LogP contribution in [0.1, 0.15) is 26.3 Å². The average molecular weight is 306 g/mol. The summed E-state index contributed by atoms with van der Waals surface area (Å²) in [5, 5.41) is 0. The molecule has 0 aliphatic heterocycles. The Balaban J connectivity index is 3.17. The number of hydrogen-bond donors (Lipinski definition) is 1. The predicted octanol–water partition coefficient (Wildman–Crippen LogP) is 2.97. The highest BCUT2D eigenvalue weighted by molar-refractivity contribution is 7.92. The number of alkyl halides is 1. The SMILES string of the molecule is COc1ccc(C(C)(C)C)cc1NS(=O)(=O)CCCl. The molecule has 0 saturated heterocycles. The Hall–Kier alpha value is -0.940. The van der Waals surface area contributed by atoms with Crippen LogP contribution in [-0.4, -0.2) is 27.2 Å². The monoisotopic (exact) mass is 305 g/mol. The molecule has 0 fully saturated rings. The molecule has 4 nitrogen and oxygen atoms in total. The van der Waals surface area contributed by atoms with Gasteiger partial charge < -0.3 is 4.74 Å². The number of halogens is 1. The molecule has 0 aliphatic carbocycles. The zero-order valence-corrected chi connectivity index (χ0v) is 13.2. The van der Waals surface area contributed by atoms with Gasteiger partial charge in [-0.25, -0.2) is 8.42 Å². The second-order valence-corrected chi connectivity index (χ2v) is 7.49. The van der Waals surface area contributed by atoms with E-state index in [1.165, 1.54) is 7.11 Å². The quantitative estimate of drug-likeness (QED) is 0.851. The van der Waals surface area contributed by atoms with E-state index in [0.717, 1.165) is 5.56 Å². The van der Waals surface area contributed by atoms with Crippen LogP contribution in [-0.2, 0) is 15.4 Å². The molecular weight excluding hydrogens is 286 g/mol. The maximum atomic E-state index is 11.8. The molecule has 1 aromatic carbocycles. The van der Waals surface area contributed by atoms with E-state index in [4.69, 9.17) is 16.3 Å². The van der Waals surface area contributed by atoms with Gasteiger partial charge in [0.2, 0.25) is 10.0 Å². The number of benzene rings is 1. The van der Waals surface area contributed by atoms with E-state index in [1.807, 2.05) is 6.07 Å². The van der Waals surface area contributed by atoms with E-state index in [2.05, 4.69) is 25.5 Å². The first-order valence-electron chi connectivity index (χ1n) is 5.94. The number of anilines is 1. The number of hydrogen-bond acceptors (Lipinski definition) is 3. The molecular formula is C13H20ClNO3S. The normalized spacial score (nSPS) is 12.3. The molecule has 0 bridgehead atoms. The Kier molecular flexibility index (Phi) is 5.10. The molecule has 1 N–H and O–H groups in total. The highest BCUT2D eigenvalue weighted by atomic mass is 35.5. The van der Waals surface area contributed by atoms with Gasteiger partial charge in [0.25, 0.3) is 0 Å². The van der Waals surface area contributed by atoms with Crippen LogP contribution < -0.4 is 9.46 Å². The summed E-state index contributed by atoms with van der Waals surface area (Å²) in [6.07, 6.45) is 0. The van der Waals surface area contributed by atoms with Gasteiger partial charge in [0.15, 0.2) is 0 Å². The molecule has 6 heteroatoms. The lowest BCUT2D eigenvalue weighted by Gasteiger charge is -2.21. The summed E-state index contributed by atoms with van der Waals surface area (Å²) in [6, 6.07) is 5.49. The van der Waals surface area contributed by atoms with Gasteiger partial charge in [-0.1, -0.05) is 26.8 Å². The van der Waals surface area contributed by atoms with Crippen LogP contribution in [0.15, 0.2) is 18.2 Å². The third-order valence-electron chi connectivity index (χ3n) is 2.68. The van der Waals surface area contributed by atoms with Crippen molar-refractivity contribution in [2.75, 3.05) is 23.5 Å². The topological polar surface area (TPSA) is 55.4 Å². The van der Waals surface area contributed by atoms with Crippen LogP contribution in [0.25, 0.3) is 0 Å². The van der Waals surface area contributed by atoms with Gasteiger partial charge >= 0.3 is 0 Å². The molecule has 0 atom stereocenters. The van der Waals surface area contributed by atoms with Crippen molar-refractivity contribution in [1.29, 1.82) is 0 Å². The zero-order valence-electron chi connectivity index (χ0n) is 11.7. The molecule has 0 aliphatic rings. The van der Waals surface area contributed by atoms with Gasteiger partial charge in [0, 0.05) is 5.88 Å². The van der Waals surface area contributed by atoms with Crippen LogP contribution in [0.3, 0.4) is 0 Å². The van der Waals surface area contributed by atoms with Crippen molar-refractivity contribution in [1.82, 2.24) is 0 Å². The average Bonchev–Trinajstić information content (AvgIpc) is 2.27. The smallest absolute Gasteiger partial charge is 0.234 e. The van der Waals surface area contributed by atoms with Crippen LogP contribution in [0.5, 0.6) is 5.75 Å². The summed E-state index contributed by atoms with van der Waals surface area (Å²) in [5.74, 6) is 0.416. The van der Waals surface area contributed by atoms with Crippen molar-refractivity contribution in [3.8, 4) is 5.75 Å². The van der Waals surface area contributed by atoms with Crippen LogP contribution in [0, 0.1) is 0 Å². The molecule has 19 heavy (non-hydrogen) atoms. The van der Waals surface area contributed by atoms with E-state index >= 15 is 0 Å². The standard InChI is InChI=1S/C13H20ClNO3S/c1-13(2,3)10-5-6-12(18-4)11(9-10)15-19(16,17)8-7-14/h5-6,9,15H,7-8H2,1-4H3. The molecule has 0 saturated carbocycles. The molecule has 0 unspecified atom stereocenters. The molecule has 0 aromatic heterocycles. The number of methoxy groups -OCH3 is 1. The Labute approximate surface area is 120 Å². The zero-order chi connectivity index (χ0) is 14.7. The predicted molar refractivity (Wildman–Crippen MR) is 79.8 cm³/mol. The Morgan fingerprint density at radius 3 is 2.42 bits per heavy atom. The largest absolute Gasteiger partial charge is 0.495 e. The highest BCUT2D eigenvalue weighted by Crippen LogP contribution is 2.31. The fourth-order valence-electron chi connectivity index (χ4n) is 1.57. The summed E-state index contributed by atoms with van der Waals surface area (Å²) in [5.41, 5.74) is 1.40. The van der Waals surface area contributed by atoms with Gasteiger partial charge in [-0.3, -0.25) is 4.72 Å². The van der Waals surface area contributed by atoms with E-state index < -0.39 is 10.0 Å². The molecule has 0 heterocycles. The summed E-state index contributed by atoms with van der Waals surface area (Å²) in [4.78, 5) is 0. The minimum absolute atomic E-state index is 0.0522. The van der Waals surface area contributed by atoms with Crippen LogP contribution >= 0.6 is 11.6 Å². The molecule has 0 amide bonds. The van der Waals surface area contributed by atoms with Gasteiger partial charge in [-0.2, -0.15) is 0 Å². The molecule has 1 rings (SSSR count). The highest BCUT2D eigenvalue weighted by Gasteiger charge is 2.18. The minimum Gasteiger partial charge on any atom is -0.495 e. The molecule has 0 radical (unpaired) electrons. The lowest BCUT2D eigenvalue weighted by atomic mass is 9.87. The van der Waals surface area contributed by atoms with Crippen molar-refractivity contribution in [3.63, 3.8) is 0 Å². The lowest BCUT2D eigenvalue weighted by molar-refractivity contribution is 0.416. The third-order valence-corrected chi connectivity index (χ3v) is 4.36. The third kappa shape index (κ3) is 4.58. The van der Waals surface area contributed by atoms with E-state index in [9.17, 15) is 8.42 Å². The van der Waals surface area contributed by atoms with Gasteiger partial charge in [0.1, 0.15) is 5.75 Å². The Morgan fingerprint density at radius 2 is 1.95 bits per heavy atom. The minimum atomic E-state index is -3.44. The van der Waals surface area contributed by atoms with E-state index in [0.29, 0.717) is 11.4 Å². The van der Waals surface area contributed by atoms with Crippen LogP contribution in [0.2, 0.25) is 0 Å². The maximum Gasteiger partial charge on any atom is 0.234 e. The summed E-state index contributed by atoms with van der Waals surface area (Å²) >= 11 is 5.48.